The van der Waals surface area contributed by atoms with E-state index in [2.05, 4.69) is 5.43 Å². The Morgan fingerprint density at radius 3 is 2.90 bits per heavy atom. The Hall–Kier alpha value is -1.53. The van der Waals surface area contributed by atoms with E-state index in [1.54, 1.807) is 6.07 Å². The van der Waals surface area contributed by atoms with Crippen LogP contribution in [0.2, 0.25) is 10.0 Å². The lowest BCUT2D eigenvalue weighted by molar-refractivity contribution is 0.0957. The Balaban J connectivity index is 2.03. The van der Waals surface area contributed by atoms with E-state index in [1.165, 1.54) is 11.3 Å². The molecule has 0 radical (unpaired) electrons. The van der Waals surface area contributed by atoms with Crippen LogP contribution in [0.5, 0.6) is 0 Å². The smallest absolute Gasteiger partial charge is 0.275 e. The van der Waals surface area contributed by atoms with Crippen molar-refractivity contribution in [1.29, 1.82) is 0 Å². The Kier molecular flexibility index (Phi) is 3.91. The minimum Gasteiger partial charge on any atom is -0.343 e. The van der Waals surface area contributed by atoms with Crippen molar-refractivity contribution in [3.63, 3.8) is 0 Å². The first-order chi connectivity index (χ1) is 10.1. The van der Waals surface area contributed by atoms with Crippen LogP contribution in [0.4, 0.5) is 0 Å². The number of thiophene rings is 1. The van der Waals surface area contributed by atoms with Crippen molar-refractivity contribution in [3.8, 4) is 0 Å². The number of aromatic nitrogens is 1. The lowest BCUT2D eigenvalue weighted by Crippen LogP contribution is -2.30. The normalized spacial score (nSPS) is 11.0. The fourth-order valence-electron chi connectivity index (χ4n) is 2.26. The zero-order valence-corrected chi connectivity index (χ0v) is 13.1. The van der Waals surface area contributed by atoms with E-state index in [0.29, 0.717) is 21.5 Å². The predicted octanol–water partition coefficient (Wildman–Crippen LogP) is 3.66. The molecule has 0 atom stereocenters. The number of nitrogens with one attached hydrogen (secondary N) is 1. The first kappa shape index (κ1) is 14.4. The Labute approximate surface area is 135 Å². The van der Waals surface area contributed by atoms with Gasteiger partial charge in [-0.05, 0) is 35.2 Å². The Bertz CT molecular complexity index is 825. The van der Waals surface area contributed by atoms with Crippen molar-refractivity contribution in [3.05, 3.63) is 56.3 Å². The maximum atomic E-state index is 11.7. The van der Waals surface area contributed by atoms with Gasteiger partial charge in [0.15, 0.2) is 0 Å². The Morgan fingerprint density at radius 2 is 2.14 bits per heavy atom. The second kappa shape index (κ2) is 5.69. The van der Waals surface area contributed by atoms with Crippen molar-refractivity contribution in [2.24, 2.45) is 5.84 Å². The van der Waals surface area contributed by atoms with Gasteiger partial charge in [0, 0.05) is 23.2 Å². The summed E-state index contributed by atoms with van der Waals surface area (Å²) in [5, 5.41) is 3.99. The second-order valence-corrected chi connectivity index (χ2v) is 6.27. The van der Waals surface area contributed by atoms with E-state index in [0.717, 1.165) is 16.5 Å². The van der Waals surface area contributed by atoms with Crippen LogP contribution in [0.1, 0.15) is 15.2 Å². The van der Waals surface area contributed by atoms with Crippen LogP contribution in [0, 0.1) is 0 Å². The first-order valence-electron chi connectivity index (χ1n) is 6.11. The third-order valence-corrected chi connectivity index (χ3v) is 4.71. The molecule has 21 heavy (non-hydrogen) atoms. The van der Waals surface area contributed by atoms with Crippen molar-refractivity contribution >= 4 is 51.3 Å². The number of carbonyl (C=O) groups is 1. The topological polar surface area (TPSA) is 60.0 Å². The average Bonchev–Trinajstić information content (AvgIpc) is 3.06. The van der Waals surface area contributed by atoms with Gasteiger partial charge in [-0.1, -0.05) is 23.2 Å². The number of rotatable bonds is 3. The lowest BCUT2D eigenvalue weighted by atomic mass is 10.2. The van der Waals surface area contributed by atoms with Gasteiger partial charge in [0.05, 0.1) is 15.4 Å². The minimum atomic E-state index is -0.285. The van der Waals surface area contributed by atoms with Gasteiger partial charge in [-0.2, -0.15) is 0 Å². The average molecular weight is 340 g/mol. The van der Waals surface area contributed by atoms with Crippen LogP contribution in [0.15, 0.2) is 35.8 Å². The molecule has 7 heteroatoms. The van der Waals surface area contributed by atoms with Crippen LogP contribution in [-0.4, -0.2) is 10.5 Å². The summed E-state index contributed by atoms with van der Waals surface area (Å²) in [5.74, 6) is 4.92. The highest BCUT2D eigenvalue weighted by Crippen LogP contribution is 2.29. The van der Waals surface area contributed by atoms with E-state index in [1.807, 2.05) is 34.3 Å². The largest absolute Gasteiger partial charge is 0.343 e. The zero-order valence-electron chi connectivity index (χ0n) is 10.8. The van der Waals surface area contributed by atoms with Gasteiger partial charge < -0.3 is 4.57 Å². The van der Waals surface area contributed by atoms with E-state index < -0.39 is 0 Å². The first-order valence-corrected chi connectivity index (χ1v) is 7.75. The standard InChI is InChI=1S/C14H11Cl2N3OS/c15-9-5-11(16)10-1-3-19(12(10)6-9)7-8-2-4-21-13(8)14(20)18-17/h1-6H,7,17H2,(H,18,20). The zero-order chi connectivity index (χ0) is 15.0. The van der Waals surface area contributed by atoms with E-state index >= 15 is 0 Å². The van der Waals surface area contributed by atoms with Crippen LogP contribution in [-0.2, 0) is 6.54 Å². The molecule has 0 saturated carbocycles. The number of halogens is 2. The fraction of sp³-hybridized carbons (Fsp3) is 0.0714. The number of nitrogens with zero attached hydrogens (tertiary/aromatic N) is 1. The molecule has 108 valence electrons. The highest BCUT2D eigenvalue weighted by atomic mass is 35.5. The number of nitrogen functional groups attached to an aromatic ring is 1. The molecular formula is C14H11Cl2N3OS. The molecule has 3 N–H and O–H groups in total. The summed E-state index contributed by atoms with van der Waals surface area (Å²) in [7, 11) is 0. The van der Waals surface area contributed by atoms with Gasteiger partial charge in [0.25, 0.3) is 5.91 Å². The molecule has 4 nitrogen and oxygen atoms in total. The SMILES string of the molecule is NNC(=O)c1sccc1Cn1ccc2c(Cl)cc(Cl)cc21. The van der Waals surface area contributed by atoms with Crippen molar-refractivity contribution in [2.45, 2.75) is 6.54 Å². The van der Waals surface area contributed by atoms with Gasteiger partial charge in [-0.25, -0.2) is 5.84 Å². The molecular weight excluding hydrogens is 329 g/mol. The second-order valence-electron chi connectivity index (χ2n) is 4.51. The molecule has 0 saturated heterocycles. The number of hydrogen-bond acceptors (Lipinski definition) is 3. The van der Waals surface area contributed by atoms with Gasteiger partial charge in [0.1, 0.15) is 0 Å². The third-order valence-electron chi connectivity index (χ3n) is 3.23. The summed E-state index contributed by atoms with van der Waals surface area (Å²) < 4.78 is 2.00. The predicted molar refractivity (Wildman–Crippen MR) is 87.0 cm³/mol. The summed E-state index contributed by atoms with van der Waals surface area (Å²) in [6.07, 6.45) is 1.93. The lowest BCUT2D eigenvalue weighted by Gasteiger charge is -2.07. The van der Waals surface area contributed by atoms with Gasteiger partial charge in [-0.3, -0.25) is 10.2 Å². The molecule has 0 aliphatic heterocycles. The summed E-state index contributed by atoms with van der Waals surface area (Å²) >= 11 is 13.6. The van der Waals surface area contributed by atoms with Crippen LogP contribution in [0.25, 0.3) is 10.9 Å². The number of hydrazine groups is 1. The quantitative estimate of drug-likeness (QED) is 0.434. The summed E-state index contributed by atoms with van der Waals surface area (Å²) in [6.45, 7) is 0.548. The molecule has 3 aromatic rings. The minimum absolute atomic E-state index is 0.285. The Morgan fingerprint density at radius 1 is 1.33 bits per heavy atom. The van der Waals surface area contributed by atoms with Crippen LogP contribution >= 0.6 is 34.5 Å². The molecule has 0 unspecified atom stereocenters. The number of hydrogen-bond donors (Lipinski definition) is 2. The molecule has 3 rings (SSSR count). The molecule has 1 amide bonds. The molecule has 0 spiro atoms. The van der Waals surface area contributed by atoms with E-state index in [4.69, 9.17) is 29.0 Å². The van der Waals surface area contributed by atoms with Gasteiger partial charge >= 0.3 is 0 Å². The number of nitrogens with two attached hydrogens (primary N) is 1. The molecule has 0 aliphatic carbocycles. The monoisotopic (exact) mass is 339 g/mol. The number of amides is 1. The highest BCUT2D eigenvalue weighted by molar-refractivity contribution is 7.12. The molecule has 0 fully saturated rings. The summed E-state index contributed by atoms with van der Waals surface area (Å²) in [6, 6.07) is 7.42. The fourth-order valence-corrected chi connectivity index (χ4v) is 3.63. The maximum absolute atomic E-state index is 11.7. The summed E-state index contributed by atoms with van der Waals surface area (Å²) in [5.41, 5.74) is 3.99. The molecule has 0 bridgehead atoms. The van der Waals surface area contributed by atoms with Gasteiger partial charge in [0.2, 0.25) is 0 Å². The molecule has 1 aromatic carbocycles. The molecule has 2 heterocycles. The molecule has 2 aromatic heterocycles. The number of benzene rings is 1. The van der Waals surface area contributed by atoms with Crippen molar-refractivity contribution in [2.75, 3.05) is 0 Å². The van der Waals surface area contributed by atoms with Crippen LogP contribution in [0.3, 0.4) is 0 Å². The third kappa shape index (κ3) is 2.65. The van der Waals surface area contributed by atoms with Gasteiger partial charge in [-0.15, -0.1) is 11.3 Å². The van der Waals surface area contributed by atoms with E-state index in [-0.39, 0.29) is 5.91 Å². The summed E-state index contributed by atoms with van der Waals surface area (Å²) in [4.78, 5) is 12.3. The number of fused-ring (bicyclic) bond motifs is 1. The van der Waals surface area contributed by atoms with Crippen molar-refractivity contribution < 1.29 is 4.79 Å². The highest BCUT2D eigenvalue weighted by Gasteiger charge is 2.14. The maximum Gasteiger partial charge on any atom is 0.275 e. The number of carbonyl (C=O) groups excluding carboxylic acids is 1. The molecule has 0 aliphatic rings. The van der Waals surface area contributed by atoms with Crippen LogP contribution < -0.4 is 11.3 Å². The van der Waals surface area contributed by atoms with E-state index in [9.17, 15) is 4.79 Å². The van der Waals surface area contributed by atoms with Crippen molar-refractivity contribution in [1.82, 2.24) is 9.99 Å².